The van der Waals surface area contributed by atoms with Crippen LogP contribution in [0.2, 0.25) is 59.1 Å². The van der Waals surface area contributed by atoms with E-state index < -0.39 is 59.1 Å². The molecule has 0 saturated heterocycles. The highest BCUT2D eigenvalue weighted by Crippen LogP contribution is 2.65. The van der Waals surface area contributed by atoms with Crippen LogP contribution in [-0.2, 0) is 18.8 Å². The summed E-state index contributed by atoms with van der Waals surface area (Å²) in [5.41, 5.74) is -2.28. The maximum atomic E-state index is 13.9. The third-order valence-electron chi connectivity index (χ3n) is 9.65. The number of rotatable bonds is 18. The molecule has 0 bridgehead atoms. The minimum Gasteiger partial charge on any atom is -0.481 e. The quantitative estimate of drug-likeness (QED) is 0.167. The van der Waals surface area contributed by atoms with Gasteiger partial charge in [0.2, 0.25) is 0 Å². The van der Waals surface area contributed by atoms with Crippen LogP contribution in [0.4, 0.5) is 0 Å². The Kier molecular flexibility index (Phi) is 12.5. The summed E-state index contributed by atoms with van der Waals surface area (Å²) in [6, 6.07) is 5.33. The summed E-state index contributed by atoms with van der Waals surface area (Å²) in [5, 5.41) is 32.5. The van der Waals surface area contributed by atoms with Gasteiger partial charge < -0.3 is 19.7 Å². The standard InChI is InChI=1S/C24H50O7Si3/c1-10-32(11-2,12-3)24(22(29)30,33(13-4,14-5)15-6)23(21(27)28,19-20(25)26)31-34(16-7,17-8)18-9/h10-19H2,1-9H3,(H,25,26)(H,27,28)(H,29,30). The van der Waals surface area contributed by atoms with Gasteiger partial charge in [0.1, 0.15) is 0 Å². The predicted octanol–water partition coefficient (Wildman–Crippen LogP) is 6.69. The molecule has 200 valence electrons. The second-order valence-electron chi connectivity index (χ2n) is 9.79. The highest BCUT2D eigenvalue weighted by molar-refractivity contribution is 7.06. The van der Waals surface area contributed by atoms with E-state index >= 15 is 0 Å². The zero-order valence-electron chi connectivity index (χ0n) is 23.0. The van der Waals surface area contributed by atoms with Crippen molar-refractivity contribution >= 4 is 42.4 Å². The van der Waals surface area contributed by atoms with E-state index in [-0.39, 0.29) is 0 Å². The van der Waals surface area contributed by atoms with Gasteiger partial charge in [-0.3, -0.25) is 9.59 Å². The van der Waals surface area contributed by atoms with E-state index in [4.69, 9.17) is 4.43 Å². The molecular weight excluding hydrogens is 485 g/mol. The smallest absolute Gasteiger partial charge is 0.336 e. The lowest BCUT2D eigenvalue weighted by Crippen LogP contribution is -2.78. The first-order chi connectivity index (χ1) is 15.8. The van der Waals surface area contributed by atoms with Gasteiger partial charge in [-0.05, 0) is 18.1 Å². The van der Waals surface area contributed by atoms with Crippen molar-refractivity contribution in [3.05, 3.63) is 0 Å². The van der Waals surface area contributed by atoms with Crippen molar-refractivity contribution in [3.63, 3.8) is 0 Å². The molecule has 1 atom stereocenters. The van der Waals surface area contributed by atoms with E-state index in [1.807, 2.05) is 62.3 Å². The zero-order chi connectivity index (χ0) is 27.0. The zero-order valence-corrected chi connectivity index (χ0v) is 26.0. The van der Waals surface area contributed by atoms with Crippen molar-refractivity contribution < 1.29 is 34.1 Å². The van der Waals surface area contributed by atoms with E-state index in [1.54, 1.807) is 0 Å². The van der Waals surface area contributed by atoms with Gasteiger partial charge >= 0.3 is 17.9 Å². The Labute approximate surface area is 209 Å². The Morgan fingerprint density at radius 1 is 0.588 bits per heavy atom. The fourth-order valence-electron chi connectivity index (χ4n) is 7.21. The molecule has 0 aliphatic carbocycles. The molecular formula is C24H50O7Si3. The topological polar surface area (TPSA) is 121 Å². The molecule has 0 aliphatic rings. The number of carboxylic acid groups (broad SMARTS) is 3. The lowest BCUT2D eigenvalue weighted by atomic mass is 9.94. The van der Waals surface area contributed by atoms with Crippen molar-refractivity contribution in [2.75, 3.05) is 0 Å². The van der Waals surface area contributed by atoms with Gasteiger partial charge in [-0.2, -0.15) is 0 Å². The van der Waals surface area contributed by atoms with Gasteiger partial charge in [0, 0.05) is 0 Å². The number of hydrogen-bond acceptors (Lipinski definition) is 4. The molecule has 0 aromatic carbocycles. The van der Waals surface area contributed by atoms with E-state index in [2.05, 4.69) is 0 Å². The first-order valence-corrected chi connectivity index (χ1v) is 21.0. The first-order valence-electron chi connectivity index (χ1n) is 13.2. The number of aliphatic carboxylic acids is 3. The molecule has 0 aromatic rings. The molecule has 7 nitrogen and oxygen atoms in total. The molecule has 0 aromatic heterocycles. The van der Waals surface area contributed by atoms with Gasteiger partial charge in [-0.15, -0.1) is 0 Å². The van der Waals surface area contributed by atoms with Crippen LogP contribution in [0.5, 0.6) is 0 Å². The Bertz CT molecular complexity index is 656. The van der Waals surface area contributed by atoms with Crippen molar-refractivity contribution in [2.45, 2.75) is 133 Å². The van der Waals surface area contributed by atoms with Gasteiger partial charge in [0.15, 0.2) is 13.9 Å². The molecule has 0 radical (unpaired) electrons. The number of hydrogen-bond donors (Lipinski definition) is 3. The van der Waals surface area contributed by atoms with Gasteiger partial charge in [0.25, 0.3) is 0 Å². The molecule has 10 heteroatoms. The van der Waals surface area contributed by atoms with Crippen molar-refractivity contribution in [3.8, 4) is 0 Å². The fraction of sp³-hybridized carbons (Fsp3) is 0.875. The van der Waals surface area contributed by atoms with Crippen LogP contribution in [0, 0.1) is 0 Å². The van der Waals surface area contributed by atoms with E-state index in [0.29, 0.717) is 54.4 Å². The van der Waals surface area contributed by atoms with Gasteiger partial charge in [-0.1, -0.05) is 98.6 Å². The normalized spacial score (nSPS) is 15.1. The van der Waals surface area contributed by atoms with Crippen LogP contribution in [0.1, 0.15) is 68.7 Å². The Morgan fingerprint density at radius 2 is 0.912 bits per heavy atom. The van der Waals surface area contributed by atoms with Crippen LogP contribution < -0.4 is 0 Å². The molecule has 3 N–H and O–H groups in total. The summed E-state index contributed by atoms with van der Waals surface area (Å²) in [5.74, 6) is -3.84. The van der Waals surface area contributed by atoms with E-state index in [0.717, 1.165) is 0 Å². The molecule has 1 unspecified atom stereocenters. The average Bonchev–Trinajstić information content (AvgIpc) is 2.82. The van der Waals surface area contributed by atoms with Crippen LogP contribution in [0.15, 0.2) is 0 Å². The van der Waals surface area contributed by atoms with Gasteiger partial charge in [0.05, 0.1) is 27.2 Å². The largest absolute Gasteiger partial charge is 0.481 e. The third-order valence-corrected chi connectivity index (χ3v) is 30.0. The highest BCUT2D eigenvalue weighted by atomic mass is 28.4. The number of carboxylic acids is 3. The summed E-state index contributed by atoms with van der Waals surface area (Å²) in [4.78, 5) is 39.9. The maximum absolute atomic E-state index is 13.9. The SMILES string of the molecule is CC[Si](CC)(CC)OC(CC(=O)O)(C(=O)O)C(C(=O)O)([Si](CC)(CC)CC)[Si](CC)(CC)CC. The predicted molar refractivity (Wildman–Crippen MR) is 146 cm³/mol. The molecule has 34 heavy (non-hydrogen) atoms. The van der Waals surface area contributed by atoms with Crippen molar-refractivity contribution in [2.24, 2.45) is 0 Å². The van der Waals surface area contributed by atoms with Crippen LogP contribution in [0.3, 0.4) is 0 Å². The minimum absolute atomic E-state index is 0.581. The van der Waals surface area contributed by atoms with Crippen LogP contribution >= 0.6 is 0 Å². The summed E-state index contributed by atoms with van der Waals surface area (Å²) in [7, 11) is -8.63. The van der Waals surface area contributed by atoms with Crippen molar-refractivity contribution in [1.29, 1.82) is 0 Å². The lowest BCUT2D eigenvalue weighted by molar-refractivity contribution is -0.171. The molecule has 0 aliphatic heterocycles. The number of carbonyl (C=O) groups is 3. The van der Waals surface area contributed by atoms with Gasteiger partial charge in [-0.25, -0.2) is 4.79 Å². The first kappa shape index (κ1) is 33.0. The fourth-order valence-corrected chi connectivity index (χ4v) is 27.4. The van der Waals surface area contributed by atoms with E-state index in [1.165, 1.54) is 0 Å². The average molecular weight is 535 g/mol. The summed E-state index contributed by atoms with van der Waals surface area (Å²) in [6.45, 7) is 17.8. The highest BCUT2D eigenvalue weighted by Gasteiger charge is 2.78. The second-order valence-corrected chi connectivity index (χ2v) is 25.8. The molecule has 0 amide bonds. The van der Waals surface area contributed by atoms with Crippen LogP contribution in [-0.4, -0.2) is 63.3 Å². The molecule has 0 fully saturated rings. The monoisotopic (exact) mass is 534 g/mol. The maximum Gasteiger partial charge on any atom is 0.336 e. The van der Waals surface area contributed by atoms with E-state index in [9.17, 15) is 29.7 Å². The van der Waals surface area contributed by atoms with Crippen molar-refractivity contribution in [1.82, 2.24) is 0 Å². The minimum atomic E-state index is -2.95. The lowest BCUT2D eigenvalue weighted by Gasteiger charge is -2.63. The second kappa shape index (κ2) is 12.8. The van der Waals surface area contributed by atoms with Crippen LogP contribution in [0.25, 0.3) is 0 Å². The Balaban J connectivity index is 8.42. The summed E-state index contributed by atoms with van der Waals surface area (Å²) < 4.78 is 5.17. The summed E-state index contributed by atoms with van der Waals surface area (Å²) in [6.07, 6.45) is -0.813. The molecule has 0 heterocycles. The third kappa shape index (κ3) is 4.84. The summed E-state index contributed by atoms with van der Waals surface area (Å²) >= 11 is 0. The Hall–Kier alpha value is -0.979. The molecule has 0 rings (SSSR count). The molecule has 0 saturated carbocycles. The Morgan fingerprint density at radius 3 is 1.09 bits per heavy atom. The molecule has 0 spiro atoms.